The zero-order valence-corrected chi connectivity index (χ0v) is 36.1. The Bertz CT molecular complexity index is 1500. The third-order valence-corrected chi connectivity index (χ3v) is 11.9. The minimum atomic E-state index is -0.882. The fourth-order valence-corrected chi connectivity index (χ4v) is 8.60. The number of hydrogen-bond acceptors (Lipinski definition) is 9. The molecule has 1 aliphatic heterocycles. The molecule has 3 N–H and O–H groups in total. The molecule has 55 heavy (non-hydrogen) atoms. The summed E-state index contributed by atoms with van der Waals surface area (Å²) in [6, 6.07) is 8.26. The van der Waals surface area contributed by atoms with Crippen molar-refractivity contribution in [3.05, 3.63) is 52.5 Å². The number of ether oxygens (including phenoxy) is 2. The van der Waals surface area contributed by atoms with Gasteiger partial charge in [0.15, 0.2) is 0 Å². The number of hydrogen-bond donors (Lipinski definition) is 3. The average Bonchev–Trinajstić information content (AvgIpc) is 3.86. The van der Waals surface area contributed by atoms with Crippen molar-refractivity contribution in [1.29, 1.82) is 0 Å². The Morgan fingerprint density at radius 2 is 1.69 bits per heavy atom. The normalized spacial score (nSPS) is 18.7. The van der Waals surface area contributed by atoms with Crippen LogP contribution < -0.4 is 16.0 Å². The first-order valence-electron chi connectivity index (χ1n) is 19.9. The molecule has 4 amide bonds. The summed E-state index contributed by atoms with van der Waals surface area (Å²) in [6.07, 6.45) is 3.46. The largest absolute Gasteiger partial charge is 0.379 e. The van der Waals surface area contributed by atoms with E-state index in [2.05, 4.69) is 34.8 Å². The highest BCUT2D eigenvalue weighted by Gasteiger charge is 2.43. The molecule has 1 aromatic carbocycles. The van der Waals surface area contributed by atoms with Gasteiger partial charge in [0, 0.05) is 45.4 Å². The van der Waals surface area contributed by atoms with Gasteiger partial charge >= 0.3 is 0 Å². The first-order chi connectivity index (χ1) is 26.0. The molecule has 0 aliphatic carbocycles. The van der Waals surface area contributed by atoms with Gasteiger partial charge < -0.3 is 35.2 Å². The van der Waals surface area contributed by atoms with Crippen LogP contribution in [0.25, 0.3) is 0 Å². The number of carbonyl (C=O) groups is 4. The molecule has 2 aromatic rings. The second-order valence-electron chi connectivity index (χ2n) is 16.3. The Morgan fingerprint density at radius 3 is 2.24 bits per heavy atom. The van der Waals surface area contributed by atoms with Gasteiger partial charge in [-0.1, -0.05) is 71.4 Å². The van der Waals surface area contributed by atoms with Crippen LogP contribution in [-0.4, -0.2) is 108 Å². The number of nitrogens with zero attached hydrogens (tertiary/aromatic N) is 3. The van der Waals surface area contributed by atoms with E-state index < -0.39 is 35.7 Å². The zero-order valence-electron chi connectivity index (χ0n) is 35.3. The van der Waals surface area contributed by atoms with Crippen LogP contribution in [0.3, 0.4) is 0 Å². The van der Waals surface area contributed by atoms with Gasteiger partial charge in [-0.2, -0.15) is 0 Å². The Hall–Kier alpha value is -3.39. The van der Waals surface area contributed by atoms with Crippen LogP contribution in [0.4, 0.5) is 0 Å². The molecular formula is C42H68N6O6S. The summed E-state index contributed by atoms with van der Waals surface area (Å²) in [5.74, 6) is -1.51. The van der Waals surface area contributed by atoms with Crippen molar-refractivity contribution < 1.29 is 28.7 Å². The second kappa shape index (κ2) is 21.2. The van der Waals surface area contributed by atoms with E-state index in [-0.39, 0.29) is 60.0 Å². The van der Waals surface area contributed by atoms with Crippen LogP contribution >= 0.6 is 11.3 Å². The lowest BCUT2D eigenvalue weighted by atomic mass is 9.89. The summed E-state index contributed by atoms with van der Waals surface area (Å²) >= 11 is 1.51. The number of likely N-dealkylation sites (tertiary alicyclic amines) is 1. The van der Waals surface area contributed by atoms with Crippen LogP contribution in [0, 0.1) is 17.8 Å². The summed E-state index contributed by atoms with van der Waals surface area (Å²) in [5, 5.41) is 12.3. The highest BCUT2D eigenvalue weighted by atomic mass is 32.1. The molecule has 308 valence electrons. The lowest BCUT2D eigenvalue weighted by Gasteiger charge is -2.41. The van der Waals surface area contributed by atoms with Gasteiger partial charge in [0.1, 0.15) is 11.0 Å². The number of methoxy groups -OCH3 is 2. The Balaban J connectivity index is 1.78. The van der Waals surface area contributed by atoms with Crippen LogP contribution in [0.5, 0.6) is 0 Å². The summed E-state index contributed by atoms with van der Waals surface area (Å²) in [7, 11) is 4.91. The molecule has 0 saturated carbocycles. The lowest BCUT2D eigenvalue weighted by molar-refractivity contribution is -0.148. The molecule has 12 nitrogen and oxygen atoms in total. The average molecular weight is 785 g/mol. The molecule has 0 radical (unpaired) electrons. The summed E-state index contributed by atoms with van der Waals surface area (Å²) < 4.78 is 12.1. The number of aromatic nitrogens is 1. The predicted molar refractivity (Wildman–Crippen MR) is 218 cm³/mol. The van der Waals surface area contributed by atoms with Gasteiger partial charge in [-0.25, -0.2) is 4.98 Å². The monoisotopic (exact) mass is 784 g/mol. The smallest absolute Gasteiger partial charge is 0.245 e. The SMILES string of the molecule is CC[C@H](C)C([C@@H](CC(=O)N1CCC[C@H]1[C@H](OC)[C@@H](C)C(=O)N[C@@H](Cc1ccccc1)c1nccs1)OC)N(C)C(=O)[C@@H](NC(=O)C(C)(C)NC(C)C)C(C)C. The number of likely N-dealkylation sites (N-methyl/N-ethyl adjacent to an activating group) is 1. The van der Waals surface area contributed by atoms with Crippen molar-refractivity contribution >= 4 is 35.0 Å². The highest BCUT2D eigenvalue weighted by molar-refractivity contribution is 7.09. The van der Waals surface area contributed by atoms with Gasteiger partial charge in [-0.05, 0) is 64.4 Å². The molecule has 1 fully saturated rings. The van der Waals surface area contributed by atoms with Crippen molar-refractivity contribution in [2.45, 2.75) is 142 Å². The van der Waals surface area contributed by atoms with E-state index >= 15 is 0 Å². The van der Waals surface area contributed by atoms with Crippen molar-refractivity contribution in [3.63, 3.8) is 0 Å². The second-order valence-corrected chi connectivity index (χ2v) is 17.3. The Kier molecular flexibility index (Phi) is 17.7. The van der Waals surface area contributed by atoms with Gasteiger partial charge in [-0.3, -0.25) is 19.2 Å². The van der Waals surface area contributed by atoms with E-state index in [0.29, 0.717) is 19.4 Å². The van der Waals surface area contributed by atoms with E-state index in [1.165, 1.54) is 11.3 Å². The third kappa shape index (κ3) is 12.3. The van der Waals surface area contributed by atoms with Gasteiger partial charge in [-0.15, -0.1) is 11.3 Å². The van der Waals surface area contributed by atoms with E-state index in [9.17, 15) is 19.2 Å². The molecule has 0 bridgehead atoms. The van der Waals surface area contributed by atoms with Crippen molar-refractivity contribution in [1.82, 2.24) is 30.7 Å². The van der Waals surface area contributed by atoms with E-state index in [4.69, 9.17) is 9.47 Å². The first-order valence-corrected chi connectivity index (χ1v) is 20.8. The minimum Gasteiger partial charge on any atom is -0.379 e. The molecule has 2 heterocycles. The van der Waals surface area contributed by atoms with Crippen molar-refractivity contribution in [2.24, 2.45) is 17.8 Å². The maximum Gasteiger partial charge on any atom is 0.245 e. The number of thiazole rings is 1. The topological polar surface area (TPSA) is 142 Å². The maximum atomic E-state index is 14.3. The van der Waals surface area contributed by atoms with Crippen LogP contribution in [-0.2, 0) is 35.1 Å². The van der Waals surface area contributed by atoms with E-state index in [1.54, 1.807) is 46.2 Å². The van der Waals surface area contributed by atoms with E-state index in [0.717, 1.165) is 23.4 Å². The molecule has 0 spiro atoms. The highest BCUT2D eigenvalue weighted by Crippen LogP contribution is 2.30. The zero-order chi connectivity index (χ0) is 41.0. The fraction of sp³-hybridized carbons (Fsp3) is 0.690. The van der Waals surface area contributed by atoms with Crippen molar-refractivity contribution in [3.8, 4) is 0 Å². The number of carbonyl (C=O) groups excluding carboxylic acids is 4. The molecule has 8 atom stereocenters. The number of amides is 4. The lowest BCUT2D eigenvalue weighted by Crippen LogP contribution is -2.62. The third-order valence-electron chi connectivity index (χ3n) is 11.0. The van der Waals surface area contributed by atoms with Crippen LogP contribution in [0.15, 0.2) is 41.9 Å². The minimum absolute atomic E-state index is 0.0132. The molecular weight excluding hydrogens is 717 g/mol. The number of nitrogens with one attached hydrogen (secondary N) is 3. The molecule has 1 aliphatic rings. The molecule has 1 unspecified atom stereocenters. The van der Waals surface area contributed by atoms with Gasteiger partial charge in [0.25, 0.3) is 0 Å². The summed E-state index contributed by atoms with van der Waals surface area (Å²) in [4.78, 5) is 63.9. The summed E-state index contributed by atoms with van der Waals surface area (Å²) in [6.45, 7) is 17.9. The van der Waals surface area contributed by atoms with Crippen LogP contribution in [0.1, 0.15) is 105 Å². The van der Waals surface area contributed by atoms with E-state index in [1.807, 2.05) is 75.2 Å². The van der Waals surface area contributed by atoms with Crippen LogP contribution in [0.2, 0.25) is 0 Å². The fourth-order valence-electron chi connectivity index (χ4n) is 7.91. The maximum absolute atomic E-state index is 14.3. The quantitative estimate of drug-likeness (QED) is 0.153. The van der Waals surface area contributed by atoms with Gasteiger partial charge in [0.2, 0.25) is 23.6 Å². The molecule has 13 heteroatoms. The standard InChI is InChI=1S/C42H68N6O6S/c1-13-28(6)36(47(10)40(51)35(26(2)3)45-41(52)42(8,9)46-27(4)5)33(53-11)25-34(49)48-22-17-20-32(48)37(54-12)29(7)38(50)44-31(39-43-21-23-55-39)24-30-18-15-14-16-19-30/h14-16,18-19,21,23,26-29,31-33,35-37,46H,13,17,20,22,24-25H2,1-12H3,(H,44,50)(H,45,52)/t28-,29+,31-,32-,33+,35-,36?,37+/m0/s1. The van der Waals surface area contributed by atoms with Crippen molar-refractivity contribution in [2.75, 3.05) is 27.8 Å². The molecule has 3 rings (SSSR count). The molecule has 1 aromatic heterocycles. The Morgan fingerprint density at radius 1 is 1.02 bits per heavy atom. The number of benzene rings is 1. The predicted octanol–water partition coefficient (Wildman–Crippen LogP) is 5.38. The summed E-state index contributed by atoms with van der Waals surface area (Å²) in [5.41, 5.74) is 0.211. The number of rotatable bonds is 21. The Labute approximate surface area is 333 Å². The molecule has 1 saturated heterocycles. The first kappa shape index (κ1) is 46.0. The van der Waals surface area contributed by atoms with Gasteiger partial charge in [0.05, 0.1) is 48.2 Å².